The van der Waals surface area contributed by atoms with E-state index in [1.54, 1.807) is 47.9 Å². The van der Waals surface area contributed by atoms with Gasteiger partial charge in [-0.15, -0.1) is 0 Å². The zero-order valence-corrected chi connectivity index (χ0v) is 19.9. The first kappa shape index (κ1) is 23.8. The van der Waals surface area contributed by atoms with Gasteiger partial charge in [-0.25, -0.2) is 18.4 Å². The fraction of sp³-hybridized carbons (Fsp3) is 0.217. The molecule has 1 fully saturated rings. The molecule has 3 aromatic rings. The highest BCUT2D eigenvalue weighted by Crippen LogP contribution is 2.25. The van der Waals surface area contributed by atoms with Crippen molar-refractivity contribution in [2.75, 3.05) is 33.3 Å². The van der Waals surface area contributed by atoms with Crippen LogP contribution in [0.1, 0.15) is 16.2 Å². The number of halogens is 1. The predicted molar refractivity (Wildman–Crippen MR) is 129 cm³/mol. The molecule has 34 heavy (non-hydrogen) atoms. The Morgan fingerprint density at radius 3 is 2.35 bits per heavy atom. The number of methoxy groups -OCH3 is 1. The van der Waals surface area contributed by atoms with Crippen LogP contribution in [0.2, 0.25) is 5.02 Å². The monoisotopic (exact) mass is 499 g/mol. The third-order valence-electron chi connectivity index (χ3n) is 5.36. The Bertz CT molecular complexity index is 1290. The van der Waals surface area contributed by atoms with Crippen molar-refractivity contribution in [3.05, 3.63) is 76.9 Å². The molecule has 2 aromatic heterocycles. The number of aromatic nitrogens is 3. The number of nitrogens with zero attached hydrogens (tertiary/aromatic N) is 5. The fourth-order valence-corrected chi connectivity index (χ4v) is 4.81. The highest BCUT2D eigenvalue weighted by Gasteiger charge is 2.29. The van der Waals surface area contributed by atoms with Crippen LogP contribution in [0.4, 0.5) is 0 Å². The first-order valence-corrected chi connectivity index (χ1v) is 12.3. The molecule has 0 unspecified atom stereocenters. The van der Waals surface area contributed by atoms with Gasteiger partial charge in [0, 0.05) is 72.5 Å². The van der Waals surface area contributed by atoms with Crippen LogP contribution in [0.25, 0.3) is 17.2 Å². The smallest absolute Gasteiger partial charge is 0.291 e. The van der Waals surface area contributed by atoms with Crippen LogP contribution in [0.5, 0.6) is 5.75 Å². The maximum atomic E-state index is 12.8. The molecular formula is C23H22ClN5O4S. The second-order valence-corrected chi connectivity index (χ2v) is 9.71. The number of piperazine rings is 1. The van der Waals surface area contributed by atoms with E-state index in [0.717, 1.165) is 16.5 Å². The number of pyridine rings is 1. The number of carbonyl (C=O) groups is 1. The topological polar surface area (TPSA) is 106 Å². The summed E-state index contributed by atoms with van der Waals surface area (Å²) in [6.45, 7) is 0.827. The molecule has 0 radical (unpaired) electrons. The number of ether oxygens (including phenoxy) is 1. The molecule has 0 spiro atoms. The standard InChI is InChI=1S/C23H22ClN5O4S/c1-33-21-14-20(24)3-2-18(21)6-13-34(31,32)29-11-9-28(10-12-29)23(30)22-26-15-19(16-27-22)17-4-7-25-8-5-17/h2-8,13-16H,9-12H2,1H3. The molecule has 11 heteroatoms. The molecule has 1 aliphatic heterocycles. The van der Waals surface area contributed by atoms with E-state index in [-0.39, 0.29) is 37.9 Å². The Balaban J connectivity index is 1.38. The van der Waals surface area contributed by atoms with E-state index in [1.165, 1.54) is 17.5 Å². The molecule has 1 aliphatic rings. The minimum Gasteiger partial charge on any atom is -0.496 e. The molecule has 0 aliphatic carbocycles. The number of carbonyl (C=O) groups excluding carboxylic acids is 1. The van der Waals surface area contributed by atoms with Crippen LogP contribution < -0.4 is 4.74 Å². The van der Waals surface area contributed by atoms with E-state index in [2.05, 4.69) is 15.0 Å². The lowest BCUT2D eigenvalue weighted by molar-refractivity contribution is 0.0686. The van der Waals surface area contributed by atoms with Gasteiger partial charge in [-0.05, 0) is 42.0 Å². The first-order valence-electron chi connectivity index (χ1n) is 10.4. The minimum atomic E-state index is -3.68. The van der Waals surface area contributed by atoms with Gasteiger partial charge in [0.2, 0.25) is 15.8 Å². The van der Waals surface area contributed by atoms with Crippen LogP contribution in [0.3, 0.4) is 0 Å². The summed E-state index contributed by atoms with van der Waals surface area (Å²) in [6, 6.07) is 8.62. The molecule has 0 N–H and O–H groups in total. The summed E-state index contributed by atoms with van der Waals surface area (Å²) < 4.78 is 32.2. The van der Waals surface area contributed by atoms with Crippen molar-refractivity contribution in [2.45, 2.75) is 0 Å². The summed E-state index contributed by atoms with van der Waals surface area (Å²) in [6.07, 6.45) is 7.99. The van der Waals surface area contributed by atoms with Gasteiger partial charge < -0.3 is 9.64 Å². The zero-order chi connectivity index (χ0) is 24.1. The molecule has 4 rings (SSSR count). The highest BCUT2D eigenvalue weighted by molar-refractivity contribution is 7.92. The lowest BCUT2D eigenvalue weighted by Crippen LogP contribution is -2.50. The van der Waals surface area contributed by atoms with E-state index in [9.17, 15) is 13.2 Å². The summed E-state index contributed by atoms with van der Waals surface area (Å²) in [7, 11) is -2.19. The van der Waals surface area contributed by atoms with Crippen molar-refractivity contribution in [3.8, 4) is 16.9 Å². The molecule has 1 saturated heterocycles. The van der Waals surface area contributed by atoms with Gasteiger partial charge >= 0.3 is 0 Å². The van der Waals surface area contributed by atoms with Gasteiger partial charge in [-0.1, -0.05) is 11.6 Å². The summed E-state index contributed by atoms with van der Waals surface area (Å²) in [5.74, 6) is 0.216. The normalized spacial score (nSPS) is 14.9. The number of sulfonamides is 1. The van der Waals surface area contributed by atoms with Gasteiger partial charge in [0.1, 0.15) is 5.75 Å². The predicted octanol–water partition coefficient (Wildman–Crippen LogP) is 2.96. The van der Waals surface area contributed by atoms with E-state index < -0.39 is 10.0 Å². The zero-order valence-electron chi connectivity index (χ0n) is 18.3. The Morgan fingerprint density at radius 2 is 1.71 bits per heavy atom. The second-order valence-electron chi connectivity index (χ2n) is 7.46. The number of rotatable bonds is 6. The summed E-state index contributed by atoms with van der Waals surface area (Å²) in [4.78, 5) is 26.7. The third-order valence-corrected chi connectivity index (χ3v) is 7.16. The van der Waals surface area contributed by atoms with Gasteiger partial charge in [0.05, 0.1) is 7.11 Å². The van der Waals surface area contributed by atoms with Crippen LogP contribution in [-0.4, -0.2) is 71.8 Å². The summed E-state index contributed by atoms with van der Waals surface area (Å²) >= 11 is 5.95. The van der Waals surface area contributed by atoms with Crippen molar-refractivity contribution in [2.24, 2.45) is 0 Å². The molecule has 9 nitrogen and oxygen atoms in total. The average molecular weight is 500 g/mol. The Hall–Kier alpha value is -3.34. The molecule has 0 bridgehead atoms. The van der Waals surface area contributed by atoms with Crippen LogP contribution in [-0.2, 0) is 10.0 Å². The number of amides is 1. The van der Waals surface area contributed by atoms with E-state index in [0.29, 0.717) is 16.3 Å². The number of benzene rings is 1. The van der Waals surface area contributed by atoms with Crippen LogP contribution in [0, 0.1) is 0 Å². The number of hydrogen-bond acceptors (Lipinski definition) is 7. The molecule has 3 heterocycles. The minimum absolute atomic E-state index is 0.0730. The SMILES string of the molecule is COc1cc(Cl)ccc1C=CS(=O)(=O)N1CCN(C(=O)c2ncc(-c3ccncc3)cn2)CC1. The van der Waals surface area contributed by atoms with Gasteiger partial charge in [0.25, 0.3) is 5.91 Å². The summed E-state index contributed by atoms with van der Waals surface area (Å²) in [5.41, 5.74) is 2.27. The van der Waals surface area contributed by atoms with E-state index >= 15 is 0 Å². The van der Waals surface area contributed by atoms with Gasteiger partial charge in [-0.3, -0.25) is 9.78 Å². The third kappa shape index (κ3) is 5.41. The van der Waals surface area contributed by atoms with Gasteiger partial charge in [0.15, 0.2) is 0 Å². The van der Waals surface area contributed by atoms with Crippen LogP contribution >= 0.6 is 11.6 Å². The van der Waals surface area contributed by atoms with Crippen molar-refractivity contribution in [1.82, 2.24) is 24.2 Å². The van der Waals surface area contributed by atoms with Crippen LogP contribution in [0.15, 0.2) is 60.5 Å². The molecule has 176 valence electrons. The van der Waals surface area contributed by atoms with Crippen molar-refractivity contribution < 1.29 is 17.9 Å². The van der Waals surface area contributed by atoms with Crippen molar-refractivity contribution >= 4 is 33.6 Å². The van der Waals surface area contributed by atoms with E-state index in [4.69, 9.17) is 16.3 Å². The first-order chi connectivity index (χ1) is 16.4. The molecular weight excluding hydrogens is 478 g/mol. The van der Waals surface area contributed by atoms with E-state index in [1.807, 2.05) is 12.1 Å². The highest BCUT2D eigenvalue weighted by atomic mass is 35.5. The molecule has 0 atom stereocenters. The maximum Gasteiger partial charge on any atom is 0.291 e. The largest absolute Gasteiger partial charge is 0.496 e. The Morgan fingerprint density at radius 1 is 1.03 bits per heavy atom. The molecule has 1 amide bonds. The quantitative estimate of drug-likeness (QED) is 0.513. The maximum absolute atomic E-state index is 12.8. The summed E-state index contributed by atoms with van der Waals surface area (Å²) in [5, 5.41) is 1.63. The van der Waals surface area contributed by atoms with Gasteiger partial charge in [-0.2, -0.15) is 4.31 Å². The molecule has 0 saturated carbocycles. The van der Waals surface area contributed by atoms with Crippen molar-refractivity contribution in [1.29, 1.82) is 0 Å². The Kier molecular flexibility index (Phi) is 7.20. The van der Waals surface area contributed by atoms with Crippen molar-refractivity contribution in [3.63, 3.8) is 0 Å². The lowest BCUT2D eigenvalue weighted by Gasteiger charge is -2.32. The molecule has 1 aromatic carbocycles. The second kappa shape index (κ2) is 10.3. The fourth-order valence-electron chi connectivity index (χ4n) is 3.49. The average Bonchev–Trinajstić information content (AvgIpc) is 2.88. The lowest BCUT2D eigenvalue weighted by atomic mass is 10.1. The number of hydrogen-bond donors (Lipinski definition) is 0. The Labute approximate surface area is 202 Å².